The number of anilines is 3. The number of aromatic nitrogens is 2. The summed E-state index contributed by atoms with van der Waals surface area (Å²) in [5, 5.41) is 16.8. The molecule has 3 aromatic rings. The summed E-state index contributed by atoms with van der Waals surface area (Å²) in [4.78, 5) is 19.8. The molecular formula is C28H33F2N5O3. The molecule has 0 spiro atoms. The maximum Gasteiger partial charge on any atom is 0.308 e. The van der Waals surface area contributed by atoms with Crippen molar-refractivity contribution in [1.82, 2.24) is 15.5 Å². The van der Waals surface area contributed by atoms with E-state index in [1.165, 1.54) is 12.1 Å². The predicted octanol–water partition coefficient (Wildman–Crippen LogP) is 5.15. The average Bonchev–Trinajstić information content (AvgIpc) is 3.61. The molecular weight excluding hydrogens is 492 g/mol. The highest BCUT2D eigenvalue weighted by Gasteiger charge is 2.31. The topological polar surface area (TPSA) is 94.7 Å². The van der Waals surface area contributed by atoms with Gasteiger partial charge in [-0.05, 0) is 59.2 Å². The summed E-state index contributed by atoms with van der Waals surface area (Å²) in [6, 6.07) is 8.66. The monoisotopic (exact) mass is 525 g/mol. The van der Waals surface area contributed by atoms with E-state index in [4.69, 9.17) is 4.52 Å². The molecule has 0 aliphatic carbocycles. The van der Waals surface area contributed by atoms with E-state index in [-0.39, 0.29) is 22.8 Å². The zero-order valence-corrected chi connectivity index (χ0v) is 21.9. The third-order valence-corrected chi connectivity index (χ3v) is 7.43. The fourth-order valence-corrected chi connectivity index (χ4v) is 5.25. The minimum absolute atomic E-state index is 0.191. The van der Waals surface area contributed by atoms with Gasteiger partial charge in [-0.15, -0.1) is 0 Å². The minimum Gasteiger partial charge on any atom is -0.481 e. The lowest BCUT2D eigenvalue weighted by Crippen LogP contribution is -2.37. The van der Waals surface area contributed by atoms with Gasteiger partial charge in [0.1, 0.15) is 17.2 Å². The van der Waals surface area contributed by atoms with Crippen LogP contribution in [0.15, 0.2) is 34.9 Å². The number of carboxylic acids is 1. The van der Waals surface area contributed by atoms with Gasteiger partial charge in [-0.2, -0.15) is 4.98 Å². The molecule has 1 unspecified atom stereocenters. The van der Waals surface area contributed by atoms with Gasteiger partial charge in [0.15, 0.2) is 0 Å². The van der Waals surface area contributed by atoms with Crippen LogP contribution >= 0.6 is 0 Å². The number of aliphatic carboxylic acids is 1. The molecule has 2 aliphatic heterocycles. The Morgan fingerprint density at radius 2 is 1.84 bits per heavy atom. The smallest absolute Gasteiger partial charge is 0.308 e. The van der Waals surface area contributed by atoms with Crippen molar-refractivity contribution in [1.29, 1.82) is 0 Å². The Morgan fingerprint density at radius 1 is 1.13 bits per heavy atom. The van der Waals surface area contributed by atoms with Crippen molar-refractivity contribution in [3.05, 3.63) is 53.1 Å². The number of nitrogens with one attached hydrogen (secondary N) is 1. The van der Waals surface area contributed by atoms with Gasteiger partial charge in [0, 0.05) is 44.1 Å². The van der Waals surface area contributed by atoms with Crippen LogP contribution in [-0.2, 0) is 17.8 Å². The molecule has 1 aromatic heterocycles. The second-order valence-electron chi connectivity index (χ2n) is 11.1. The zero-order valence-electron chi connectivity index (χ0n) is 21.9. The molecule has 3 heterocycles. The van der Waals surface area contributed by atoms with Gasteiger partial charge in [-0.25, -0.2) is 8.78 Å². The van der Waals surface area contributed by atoms with E-state index in [0.717, 1.165) is 49.2 Å². The van der Waals surface area contributed by atoms with E-state index in [2.05, 4.69) is 21.5 Å². The number of nitrogens with zero attached hydrogens (tertiary/aromatic N) is 4. The molecule has 202 valence electrons. The largest absolute Gasteiger partial charge is 0.481 e. The molecule has 0 radical (unpaired) electrons. The van der Waals surface area contributed by atoms with Crippen LogP contribution < -0.4 is 15.1 Å². The standard InChI is InChI=1S/C28H33F2N5O3/c1-28(2,3)20(26(36)37)16-31-15-17-6-7-23-18(12-17)8-11-35(23)27-32-25(38-33-27)24-21(29)13-19(14-22(24)30)34-9-4-5-10-34/h6-7,12-14,20,31H,4-5,8-11,15-16H2,1-3H3,(H,36,37). The molecule has 38 heavy (non-hydrogen) atoms. The van der Waals surface area contributed by atoms with Crippen molar-refractivity contribution >= 4 is 23.3 Å². The summed E-state index contributed by atoms with van der Waals surface area (Å²) in [5.74, 6) is -2.69. The SMILES string of the molecule is CC(C)(C)C(CNCc1ccc2c(c1)CCN2c1noc(-c2c(F)cc(N3CCCC3)cc2F)n1)C(=O)O. The third-order valence-electron chi connectivity index (χ3n) is 7.43. The second-order valence-corrected chi connectivity index (χ2v) is 11.1. The number of hydrogen-bond acceptors (Lipinski definition) is 7. The molecule has 1 saturated heterocycles. The average molecular weight is 526 g/mol. The van der Waals surface area contributed by atoms with Crippen molar-refractivity contribution in [2.24, 2.45) is 11.3 Å². The highest BCUT2D eigenvalue weighted by Crippen LogP contribution is 2.36. The summed E-state index contributed by atoms with van der Waals surface area (Å²) in [6.45, 7) is 8.87. The predicted molar refractivity (Wildman–Crippen MR) is 141 cm³/mol. The number of hydrogen-bond donors (Lipinski definition) is 2. The van der Waals surface area contributed by atoms with Gasteiger partial charge in [-0.1, -0.05) is 32.9 Å². The second kappa shape index (κ2) is 10.3. The van der Waals surface area contributed by atoms with Gasteiger partial charge in [-0.3, -0.25) is 4.79 Å². The Kier molecular flexibility index (Phi) is 7.09. The molecule has 1 fully saturated rings. The number of fused-ring (bicyclic) bond motifs is 1. The lowest BCUT2D eigenvalue weighted by Gasteiger charge is -2.27. The Morgan fingerprint density at radius 3 is 2.50 bits per heavy atom. The van der Waals surface area contributed by atoms with Crippen molar-refractivity contribution < 1.29 is 23.2 Å². The van der Waals surface area contributed by atoms with Crippen LogP contribution in [0.5, 0.6) is 0 Å². The van der Waals surface area contributed by atoms with Crippen LogP contribution in [0.4, 0.5) is 26.1 Å². The van der Waals surface area contributed by atoms with Gasteiger partial charge < -0.3 is 24.7 Å². The molecule has 2 aromatic carbocycles. The molecule has 10 heteroatoms. The molecule has 2 N–H and O–H groups in total. The zero-order chi connectivity index (χ0) is 27.0. The number of halogens is 2. The van der Waals surface area contributed by atoms with Gasteiger partial charge in [0.05, 0.1) is 5.92 Å². The number of benzene rings is 2. The first kappa shape index (κ1) is 26.1. The normalized spacial score (nSPS) is 16.2. The molecule has 0 saturated carbocycles. The molecule has 0 bridgehead atoms. The van der Waals surface area contributed by atoms with Crippen LogP contribution in [-0.4, -0.2) is 47.4 Å². The van der Waals surface area contributed by atoms with E-state index in [1.807, 2.05) is 42.7 Å². The van der Waals surface area contributed by atoms with Crippen molar-refractivity contribution in [3.8, 4) is 11.5 Å². The quantitative estimate of drug-likeness (QED) is 0.417. The van der Waals surface area contributed by atoms with Crippen LogP contribution in [0.3, 0.4) is 0 Å². The van der Waals surface area contributed by atoms with Gasteiger partial charge in [0.2, 0.25) is 0 Å². The van der Waals surface area contributed by atoms with Crippen molar-refractivity contribution in [3.63, 3.8) is 0 Å². The Labute approximate surface area is 220 Å². The Bertz CT molecular complexity index is 1310. The Hall–Kier alpha value is -3.53. The van der Waals surface area contributed by atoms with E-state index >= 15 is 0 Å². The third kappa shape index (κ3) is 5.22. The first-order valence-corrected chi connectivity index (χ1v) is 13.0. The number of rotatable bonds is 8. The van der Waals surface area contributed by atoms with Crippen molar-refractivity contribution in [2.75, 3.05) is 36.0 Å². The van der Waals surface area contributed by atoms with Crippen molar-refractivity contribution in [2.45, 2.75) is 46.6 Å². The van der Waals surface area contributed by atoms with Gasteiger partial charge in [0.25, 0.3) is 11.8 Å². The summed E-state index contributed by atoms with van der Waals surface area (Å²) < 4.78 is 35.2. The van der Waals surface area contributed by atoms with E-state index in [1.54, 1.807) is 0 Å². The fraction of sp³-hybridized carbons (Fsp3) is 0.464. The van der Waals surface area contributed by atoms with E-state index in [0.29, 0.717) is 25.3 Å². The lowest BCUT2D eigenvalue weighted by molar-refractivity contribution is -0.145. The summed E-state index contributed by atoms with van der Waals surface area (Å²) in [6.07, 6.45) is 2.77. The number of carboxylic acid groups (broad SMARTS) is 1. The molecule has 0 amide bonds. The molecule has 1 atom stereocenters. The fourth-order valence-electron chi connectivity index (χ4n) is 5.25. The number of carbonyl (C=O) groups is 1. The van der Waals surface area contributed by atoms with E-state index < -0.39 is 23.5 Å². The van der Waals surface area contributed by atoms with Crippen LogP contribution in [0, 0.1) is 23.0 Å². The first-order chi connectivity index (χ1) is 18.1. The van der Waals surface area contributed by atoms with Gasteiger partial charge >= 0.3 is 5.97 Å². The molecule has 8 nitrogen and oxygen atoms in total. The maximum atomic E-state index is 14.9. The van der Waals surface area contributed by atoms with Crippen LogP contribution in [0.25, 0.3) is 11.5 Å². The van der Waals surface area contributed by atoms with Crippen LogP contribution in [0.1, 0.15) is 44.7 Å². The maximum absolute atomic E-state index is 14.9. The summed E-state index contributed by atoms with van der Waals surface area (Å²) in [5.41, 5.74) is 2.90. The summed E-state index contributed by atoms with van der Waals surface area (Å²) in [7, 11) is 0. The van der Waals surface area contributed by atoms with Crippen LogP contribution in [0.2, 0.25) is 0 Å². The lowest BCUT2D eigenvalue weighted by atomic mass is 9.80. The minimum atomic E-state index is -0.809. The molecule has 2 aliphatic rings. The highest BCUT2D eigenvalue weighted by atomic mass is 19.1. The first-order valence-electron chi connectivity index (χ1n) is 13.0. The Balaban J connectivity index is 1.28. The highest BCUT2D eigenvalue weighted by molar-refractivity contribution is 5.71. The molecule has 5 rings (SSSR count). The van der Waals surface area contributed by atoms with E-state index in [9.17, 15) is 18.7 Å². The summed E-state index contributed by atoms with van der Waals surface area (Å²) >= 11 is 0.